The molecule has 2 aromatic rings. The number of aromatic nitrogens is 2. The number of hydrogen-bond donors (Lipinski definition) is 0. The minimum Gasteiger partial charge on any atom is -0.293 e. The molecule has 94 valence electrons. The number of carbonyl (C=O) groups is 1. The van der Waals surface area contributed by atoms with E-state index in [0.29, 0.717) is 5.69 Å². The molecule has 0 saturated heterocycles. The summed E-state index contributed by atoms with van der Waals surface area (Å²) in [4.78, 5) is 11.7. The normalized spacial score (nSPS) is 11.6. The molecule has 0 unspecified atom stereocenters. The van der Waals surface area contributed by atoms with Crippen LogP contribution in [-0.4, -0.2) is 23.6 Å². The van der Waals surface area contributed by atoms with Crippen molar-refractivity contribution in [2.75, 3.05) is 0 Å². The average molecular weight is 258 g/mol. The quantitative estimate of drug-likeness (QED) is 0.626. The molecule has 0 amide bonds. The van der Waals surface area contributed by atoms with Gasteiger partial charge in [0.05, 0.1) is 13.8 Å². The van der Waals surface area contributed by atoms with Gasteiger partial charge in [0.15, 0.2) is 5.78 Å². The van der Waals surface area contributed by atoms with E-state index < -0.39 is 8.07 Å². The Labute approximate surface area is 108 Å². The minimum absolute atomic E-state index is 0.0436. The Morgan fingerprint density at radius 1 is 1.17 bits per heavy atom. The fourth-order valence-corrected chi connectivity index (χ4v) is 3.34. The third kappa shape index (κ3) is 2.43. The van der Waals surface area contributed by atoms with E-state index in [0.717, 1.165) is 10.9 Å². The van der Waals surface area contributed by atoms with Gasteiger partial charge >= 0.3 is 0 Å². The predicted octanol–water partition coefficient (Wildman–Crippen LogP) is 2.62. The van der Waals surface area contributed by atoms with Gasteiger partial charge in [0.1, 0.15) is 5.69 Å². The fraction of sp³-hybridized carbons (Fsp3) is 0.286. The first-order chi connectivity index (χ1) is 8.39. The average Bonchev–Trinajstić information content (AvgIpc) is 2.74. The topological polar surface area (TPSA) is 34.9 Å². The summed E-state index contributed by atoms with van der Waals surface area (Å²) < 4.78 is 1.81. The summed E-state index contributed by atoms with van der Waals surface area (Å²) in [6.07, 6.45) is 2.01. The van der Waals surface area contributed by atoms with Crippen LogP contribution in [0.2, 0.25) is 19.6 Å². The van der Waals surface area contributed by atoms with Crippen molar-refractivity contribution in [2.24, 2.45) is 0 Å². The Bertz CT molecular complexity index is 567. The zero-order valence-electron chi connectivity index (χ0n) is 11.3. The molecular weight excluding hydrogens is 240 g/mol. The number of hydrogen-bond acceptors (Lipinski definition) is 2. The van der Waals surface area contributed by atoms with Gasteiger partial charge in [-0.3, -0.25) is 4.79 Å². The van der Waals surface area contributed by atoms with Gasteiger partial charge in [-0.25, -0.2) is 4.68 Å². The Hall–Kier alpha value is -1.68. The highest BCUT2D eigenvalue weighted by molar-refractivity contribution is 6.89. The molecule has 2 rings (SSSR count). The van der Waals surface area contributed by atoms with Crippen molar-refractivity contribution in [3.05, 3.63) is 42.2 Å². The van der Waals surface area contributed by atoms with Gasteiger partial charge in [0, 0.05) is 13.1 Å². The molecule has 0 spiro atoms. The molecule has 1 aromatic carbocycles. The number of nitrogens with zero attached hydrogens (tertiary/aromatic N) is 2. The molecular formula is C14H18N2OSi. The van der Waals surface area contributed by atoms with Gasteiger partial charge < -0.3 is 0 Å². The molecule has 0 aliphatic heterocycles. The first-order valence-corrected chi connectivity index (χ1v) is 9.56. The Morgan fingerprint density at radius 3 is 2.22 bits per heavy atom. The van der Waals surface area contributed by atoms with Gasteiger partial charge in [0.25, 0.3) is 0 Å². The molecule has 1 heterocycles. The highest BCUT2D eigenvalue weighted by Crippen LogP contribution is 2.11. The molecule has 18 heavy (non-hydrogen) atoms. The van der Waals surface area contributed by atoms with E-state index in [2.05, 4.69) is 24.7 Å². The number of carbonyl (C=O) groups excluding carboxylic acids is 1. The molecule has 0 aliphatic carbocycles. The Kier molecular flexibility index (Phi) is 3.21. The number of Topliss-reactive ketones (excluding diaryl/α,β-unsaturated/α-hetero) is 1. The summed E-state index contributed by atoms with van der Waals surface area (Å²) in [7, 11) is -1.56. The maximum Gasteiger partial charge on any atom is 0.179 e. The van der Waals surface area contributed by atoms with Crippen LogP contribution in [0, 0.1) is 0 Å². The van der Waals surface area contributed by atoms with E-state index >= 15 is 0 Å². The molecule has 0 radical (unpaired) electrons. The third-order valence-corrected chi connectivity index (χ3v) is 4.86. The lowest BCUT2D eigenvalue weighted by Gasteiger charge is -2.14. The molecule has 0 N–H and O–H groups in total. The summed E-state index contributed by atoms with van der Waals surface area (Å²) in [5, 5.41) is 5.57. The highest BCUT2D eigenvalue weighted by Gasteiger charge is 2.25. The summed E-state index contributed by atoms with van der Waals surface area (Å²) >= 11 is 0. The van der Waals surface area contributed by atoms with Gasteiger partial charge in [0.2, 0.25) is 0 Å². The lowest BCUT2D eigenvalue weighted by Crippen LogP contribution is -2.40. The SMILES string of the molecule is CC(=O)c1nn(-c2ccccc2)cc1[Si](C)(C)C. The van der Waals surface area contributed by atoms with Crippen molar-refractivity contribution in [1.82, 2.24) is 9.78 Å². The van der Waals surface area contributed by atoms with E-state index in [-0.39, 0.29) is 5.78 Å². The zero-order valence-corrected chi connectivity index (χ0v) is 12.3. The number of benzene rings is 1. The van der Waals surface area contributed by atoms with Crippen molar-refractivity contribution in [3.8, 4) is 5.69 Å². The number of para-hydroxylation sites is 1. The van der Waals surface area contributed by atoms with E-state index in [1.54, 1.807) is 6.92 Å². The maximum atomic E-state index is 11.7. The van der Waals surface area contributed by atoms with Gasteiger partial charge in [-0.1, -0.05) is 37.8 Å². The number of rotatable bonds is 3. The second-order valence-corrected chi connectivity index (χ2v) is 10.5. The Morgan fingerprint density at radius 2 is 1.78 bits per heavy atom. The van der Waals surface area contributed by atoms with Crippen LogP contribution in [0.25, 0.3) is 5.69 Å². The zero-order chi connectivity index (χ0) is 13.3. The van der Waals surface area contributed by atoms with Crippen LogP contribution in [0.1, 0.15) is 17.4 Å². The second kappa shape index (κ2) is 4.53. The molecule has 1 aromatic heterocycles. The summed E-state index contributed by atoms with van der Waals surface area (Å²) in [6, 6.07) is 9.89. The van der Waals surface area contributed by atoms with E-state index in [9.17, 15) is 4.79 Å². The van der Waals surface area contributed by atoms with Crippen LogP contribution in [0.3, 0.4) is 0 Å². The molecule has 0 saturated carbocycles. The lowest BCUT2D eigenvalue weighted by molar-refractivity contribution is 0.101. The maximum absolute atomic E-state index is 11.7. The van der Waals surface area contributed by atoms with Crippen molar-refractivity contribution in [1.29, 1.82) is 0 Å². The van der Waals surface area contributed by atoms with Crippen molar-refractivity contribution in [2.45, 2.75) is 26.6 Å². The molecule has 3 nitrogen and oxygen atoms in total. The molecule has 4 heteroatoms. The van der Waals surface area contributed by atoms with E-state index in [4.69, 9.17) is 0 Å². The van der Waals surface area contributed by atoms with Crippen LogP contribution in [0.15, 0.2) is 36.5 Å². The van der Waals surface area contributed by atoms with Gasteiger partial charge in [-0.2, -0.15) is 5.10 Å². The van der Waals surface area contributed by atoms with E-state index in [1.807, 2.05) is 41.2 Å². The smallest absolute Gasteiger partial charge is 0.179 e. The Balaban J connectivity index is 2.57. The number of ketones is 1. The van der Waals surface area contributed by atoms with Crippen molar-refractivity contribution in [3.63, 3.8) is 0 Å². The lowest BCUT2D eigenvalue weighted by atomic mass is 10.3. The van der Waals surface area contributed by atoms with Gasteiger partial charge in [-0.15, -0.1) is 0 Å². The fourth-order valence-electron chi connectivity index (χ4n) is 1.90. The molecule has 0 aliphatic rings. The standard InChI is InChI=1S/C14H18N2OSi/c1-11(17)14-13(18(2,3)4)10-16(15-14)12-8-6-5-7-9-12/h5-10H,1-4H3. The first-order valence-electron chi connectivity index (χ1n) is 6.06. The second-order valence-electron chi connectivity index (χ2n) is 5.48. The van der Waals surface area contributed by atoms with Crippen molar-refractivity contribution >= 4 is 19.0 Å². The van der Waals surface area contributed by atoms with Gasteiger partial charge in [-0.05, 0) is 17.3 Å². The predicted molar refractivity (Wildman–Crippen MR) is 76.5 cm³/mol. The van der Waals surface area contributed by atoms with Crippen molar-refractivity contribution < 1.29 is 4.79 Å². The van der Waals surface area contributed by atoms with Crippen LogP contribution < -0.4 is 5.19 Å². The monoisotopic (exact) mass is 258 g/mol. The summed E-state index contributed by atoms with van der Waals surface area (Å²) in [5.41, 5.74) is 1.61. The van der Waals surface area contributed by atoms with Crippen LogP contribution >= 0.6 is 0 Å². The van der Waals surface area contributed by atoms with E-state index in [1.165, 1.54) is 0 Å². The molecule has 0 fully saturated rings. The third-order valence-electron chi connectivity index (χ3n) is 2.88. The highest BCUT2D eigenvalue weighted by atomic mass is 28.3. The van der Waals surface area contributed by atoms with Crippen LogP contribution in [-0.2, 0) is 0 Å². The van der Waals surface area contributed by atoms with Crippen LogP contribution in [0.4, 0.5) is 0 Å². The van der Waals surface area contributed by atoms with Crippen LogP contribution in [0.5, 0.6) is 0 Å². The summed E-state index contributed by atoms with van der Waals surface area (Å²) in [5.74, 6) is 0.0436. The summed E-state index contributed by atoms with van der Waals surface area (Å²) in [6.45, 7) is 8.27. The molecule has 0 atom stereocenters. The first kappa shape index (κ1) is 12.8. The molecule has 0 bridgehead atoms. The largest absolute Gasteiger partial charge is 0.293 e. The minimum atomic E-state index is -1.56.